The molecular weight excluding hydrogens is 221 g/mol. The highest BCUT2D eigenvalue weighted by atomic mass is 35.5. The largest absolute Gasteiger partial charge is 0.504 e. The third-order valence-electron chi connectivity index (χ3n) is 2.68. The summed E-state index contributed by atoms with van der Waals surface area (Å²) >= 11 is 5.68. The summed E-state index contributed by atoms with van der Waals surface area (Å²) in [6, 6.07) is 1.36. The molecule has 0 aromatic heterocycles. The van der Waals surface area contributed by atoms with E-state index in [-0.39, 0.29) is 16.5 Å². The van der Waals surface area contributed by atoms with Gasteiger partial charge < -0.3 is 15.6 Å². The molecule has 3 N–H and O–H groups in total. The first-order valence-electron chi connectivity index (χ1n) is 4.54. The third-order valence-corrected chi connectivity index (χ3v) is 2.95. The van der Waals surface area contributed by atoms with Gasteiger partial charge >= 0.3 is 0 Å². The molecule has 0 amide bonds. The van der Waals surface area contributed by atoms with Gasteiger partial charge in [-0.2, -0.15) is 0 Å². The minimum atomic E-state index is -0.760. The van der Waals surface area contributed by atoms with E-state index in [0.29, 0.717) is 5.56 Å². The Morgan fingerprint density at radius 3 is 2.67 bits per heavy atom. The van der Waals surface area contributed by atoms with Gasteiger partial charge in [-0.25, -0.2) is 4.39 Å². The topological polar surface area (TPSA) is 55.5 Å². The van der Waals surface area contributed by atoms with Crippen molar-refractivity contribution < 1.29 is 14.2 Å². The smallest absolute Gasteiger partial charge is 0.198 e. The van der Waals surface area contributed by atoms with E-state index in [1.165, 1.54) is 13.2 Å². The van der Waals surface area contributed by atoms with E-state index in [9.17, 15) is 9.50 Å². The Bertz CT molecular complexity index is 418. The first kappa shape index (κ1) is 10.5. The summed E-state index contributed by atoms with van der Waals surface area (Å²) in [6.45, 7) is 0. The van der Waals surface area contributed by atoms with E-state index in [4.69, 9.17) is 22.1 Å². The predicted octanol–water partition coefficient (Wildman–Crippen LogP) is 2.14. The Labute approximate surface area is 91.6 Å². The van der Waals surface area contributed by atoms with Crippen LogP contribution in [0.4, 0.5) is 4.39 Å². The number of phenolic OH excluding ortho intramolecular Hbond substituents is 1. The van der Waals surface area contributed by atoms with Crippen LogP contribution >= 0.6 is 11.6 Å². The van der Waals surface area contributed by atoms with Crippen molar-refractivity contribution in [2.24, 2.45) is 5.73 Å². The van der Waals surface area contributed by atoms with Crippen LogP contribution in [0.5, 0.6) is 11.5 Å². The number of phenols is 1. The van der Waals surface area contributed by atoms with Crippen molar-refractivity contribution >= 4 is 11.6 Å². The van der Waals surface area contributed by atoms with E-state index in [2.05, 4.69) is 0 Å². The van der Waals surface area contributed by atoms with Gasteiger partial charge in [0, 0.05) is 11.1 Å². The van der Waals surface area contributed by atoms with Crippen LogP contribution in [0.15, 0.2) is 6.07 Å². The van der Waals surface area contributed by atoms with Crippen LogP contribution in [-0.2, 0) is 5.54 Å². The second-order valence-electron chi connectivity index (χ2n) is 3.76. The van der Waals surface area contributed by atoms with E-state index in [1.54, 1.807) is 0 Å². The SMILES string of the molecule is COc1c(O)c(C2(N)CC2)cc(Cl)c1F. The lowest BCUT2D eigenvalue weighted by Crippen LogP contribution is -2.19. The molecule has 0 spiro atoms. The fraction of sp³-hybridized carbons (Fsp3) is 0.400. The van der Waals surface area contributed by atoms with Gasteiger partial charge in [-0.05, 0) is 18.9 Å². The number of hydrogen-bond acceptors (Lipinski definition) is 3. The highest BCUT2D eigenvalue weighted by molar-refractivity contribution is 6.31. The molecule has 1 aliphatic carbocycles. The van der Waals surface area contributed by atoms with Crippen molar-refractivity contribution in [3.8, 4) is 11.5 Å². The van der Waals surface area contributed by atoms with E-state index in [0.717, 1.165) is 12.8 Å². The van der Waals surface area contributed by atoms with Gasteiger partial charge in [-0.15, -0.1) is 0 Å². The normalized spacial score (nSPS) is 17.6. The minimum absolute atomic E-state index is 0.0867. The number of nitrogens with two attached hydrogens (primary N) is 1. The predicted molar refractivity (Wildman–Crippen MR) is 54.7 cm³/mol. The van der Waals surface area contributed by atoms with Crippen molar-refractivity contribution in [3.63, 3.8) is 0 Å². The molecule has 0 aliphatic heterocycles. The number of methoxy groups -OCH3 is 1. The molecule has 1 aromatic carbocycles. The lowest BCUT2D eigenvalue weighted by atomic mass is 10.0. The van der Waals surface area contributed by atoms with Crippen molar-refractivity contribution in [2.45, 2.75) is 18.4 Å². The first-order chi connectivity index (χ1) is 6.99. The maximum atomic E-state index is 13.4. The molecule has 5 heteroatoms. The zero-order valence-corrected chi connectivity index (χ0v) is 8.94. The second kappa shape index (κ2) is 3.25. The maximum Gasteiger partial charge on any atom is 0.198 e. The van der Waals surface area contributed by atoms with Gasteiger partial charge in [0.2, 0.25) is 0 Å². The number of hydrogen-bond donors (Lipinski definition) is 2. The quantitative estimate of drug-likeness (QED) is 0.820. The fourth-order valence-electron chi connectivity index (χ4n) is 1.56. The molecule has 1 saturated carbocycles. The molecule has 0 saturated heterocycles. The molecule has 0 heterocycles. The van der Waals surface area contributed by atoms with Gasteiger partial charge in [0.15, 0.2) is 17.3 Å². The van der Waals surface area contributed by atoms with Crippen LogP contribution in [0.3, 0.4) is 0 Å². The third kappa shape index (κ3) is 1.54. The van der Waals surface area contributed by atoms with Gasteiger partial charge in [0.25, 0.3) is 0 Å². The van der Waals surface area contributed by atoms with Crippen molar-refractivity contribution in [3.05, 3.63) is 22.5 Å². The zero-order valence-electron chi connectivity index (χ0n) is 8.18. The van der Waals surface area contributed by atoms with E-state index in [1.807, 2.05) is 0 Å². The van der Waals surface area contributed by atoms with E-state index >= 15 is 0 Å². The van der Waals surface area contributed by atoms with Crippen LogP contribution < -0.4 is 10.5 Å². The number of halogens is 2. The van der Waals surface area contributed by atoms with Crippen molar-refractivity contribution in [1.29, 1.82) is 0 Å². The average molecular weight is 232 g/mol. The monoisotopic (exact) mass is 231 g/mol. The Kier molecular flexibility index (Phi) is 2.28. The first-order valence-corrected chi connectivity index (χ1v) is 4.92. The lowest BCUT2D eigenvalue weighted by molar-refractivity contribution is 0.346. The van der Waals surface area contributed by atoms with Crippen LogP contribution in [0, 0.1) is 5.82 Å². The molecular formula is C10H11ClFNO2. The van der Waals surface area contributed by atoms with Gasteiger partial charge in [-0.1, -0.05) is 11.6 Å². The summed E-state index contributed by atoms with van der Waals surface area (Å²) in [5, 5.41) is 9.68. The summed E-state index contributed by atoms with van der Waals surface area (Å²) < 4.78 is 18.1. The molecule has 3 nitrogen and oxygen atoms in total. The Morgan fingerprint density at radius 1 is 1.60 bits per heavy atom. The molecule has 1 fully saturated rings. The number of aromatic hydroxyl groups is 1. The summed E-state index contributed by atoms with van der Waals surface area (Å²) in [5.41, 5.74) is 5.79. The minimum Gasteiger partial charge on any atom is -0.504 e. The highest BCUT2D eigenvalue weighted by Crippen LogP contribution is 2.50. The van der Waals surface area contributed by atoms with Crippen LogP contribution in [-0.4, -0.2) is 12.2 Å². The fourth-order valence-corrected chi connectivity index (χ4v) is 1.76. The van der Waals surface area contributed by atoms with Gasteiger partial charge in [-0.3, -0.25) is 0 Å². The summed E-state index contributed by atoms with van der Waals surface area (Å²) in [6.07, 6.45) is 1.51. The molecule has 1 aromatic rings. The van der Waals surface area contributed by atoms with Gasteiger partial charge in [0.05, 0.1) is 12.1 Å². The molecule has 1 aliphatic rings. The summed E-state index contributed by atoms with van der Waals surface area (Å²) in [5.74, 6) is -1.25. The average Bonchev–Trinajstić information content (AvgIpc) is 2.92. The van der Waals surface area contributed by atoms with Crippen molar-refractivity contribution in [1.82, 2.24) is 0 Å². The molecule has 82 valence electrons. The van der Waals surface area contributed by atoms with Crippen molar-refractivity contribution in [2.75, 3.05) is 7.11 Å². The maximum absolute atomic E-state index is 13.4. The Hall–Kier alpha value is -1.00. The van der Waals surface area contributed by atoms with E-state index < -0.39 is 11.4 Å². The number of benzene rings is 1. The molecule has 0 radical (unpaired) electrons. The Balaban J connectivity index is 2.62. The molecule has 0 atom stereocenters. The second-order valence-corrected chi connectivity index (χ2v) is 4.17. The molecule has 0 unspecified atom stereocenters. The number of ether oxygens (including phenoxy) is 1. The van der Waals surface area contributed by atoms with Crippen LogP contribution in [0.2, 0.25) is 5.02 Å². The highest BCUT2D eigenvalue weighted by Gasteiger charge is 2.43. The molecule has 2 rings (SSSR count). The zero-order chi connectivity index (χ0) is 11.2. The summed E-state index contributed by atoms with van der Waals surface area (Å²) in [7, 11) is 1.27. The standard InChI is InChI=1S/C10H11ClFNO2/c1-15-9-7(12)6(11)4-5(8(9)14)10(13)2-3-10/h4,14H,2-3,13H2,1H3. The number of rotatable bonds is 2. The summed E-state index contributed by atoms with van der Waals surface area (Å²) in [4.78, 5) is 0. The van der Waals surface area contributed by atoms with Crippen LogP contribution in [0.1, 0.15) is 18.4 Å². The lowest BCUT2D eigenvalue weighted by Gasteiger charge is -2.15. The van der Waals surface area contributed by atoms with Gasteiger partial charge in [0.1, 0.15) is 0 Å². The Morgan fingerprint density at radius 2 is 2.20 bits per heavy atom. The molecule has 0 bridgehead atoms. The molecule has 15 heavy (non-hydrogen) atoms. The van der Waals surface area contributed by atoms with Crippen LogP contribution in [0.25, 0.3) is 0 Å².